The smallest absolute Gasteiger partial charge is 0.266 e. The zero-order valence-electron chi connectivity index (χ0n) is 10.3. The van der Waals surface area contributed by atoms with Gasteiger partial charge in [-0.25, -0.2) is 4.90 Å². The molecule has 5 heteroatoms. The molecule has 2 amide bonds. The fourth-order valence-electron chi connectivity index (χ4n) is 2.55. The normalized spacial score (nSPS) is 14.1. The molecule has 0 atom stereocenters. The Morgan fingerprint density at radius 2 is 1.60 bits per heavy atom. The first-order chi connectivity index (χ1) is 9.77. The second kappa shape index (κ2) is 3.77. The van der Waals surface area contributed by atoms with Gasteiger partial charge in [0.1, 0.15) is 0 Å². The van der Waals surface area contributed by atoms with Gasteiger partial charge in [0.2, 0.25) is 0 Å². The van der Waals surface area contributed by atoms with E-state index in [1.165, 1.54) is 4.90 Å². The minimum Gasteiger partial charge on any atom is -0.276 e. The molecular weight excluding hydrogens is 254 g/mol. The number of aromatic nitrogens is 2. The second-order valence-corrected chi connectivity index (χ2v) is 4.60. The number of H-pyrrole nitrogens is 1. The van der Waals surface area contributed by atoms with Gasteiger partial charge in [0.25, 0.3) is 11.8 Å². The summed E-state index contributed by atoms with van der Waals surface area (Å²) >= 11 is 0. The quantitative estimate of drug-likeness (QED) is 0.685. The van der Waals surface area contributed by atoms with Crippen LogP contribution in [0.1, 0.15) is 20.7 Å². The first kappa shape index (κ1) is 10.9. The number of carbonyl (C=O) groups is 2. The standard InChI is InChI=1S/C15H9N3O2/c19-14-10-5-1-2-6-11(10)15(20)18(14)12-7-3-4-9-8-16-17-13(9)12/h1-8H,(H,16,17). The number of hydrogen-bond donors (Lipinski definition) is 1. The zero-order chi connectivity index (χ0) is 13.7. The van der Waals surface area contributed by atoms with Crippen LogP contribution in [0.25, 0.3) is 10.9 Å². The van der Waals surface area contributed by atoms with Gasteiger partial charge in [-0.05, 0) is 18.2 Å². The third kappa shape index (κ3) is 1.29. The van der Waals surface area contributed by atoms with Crippen molar-refractivity contribution in [2.45, 2.75) is 0 Å². The van der Waals surface area contributed by atoms with Crippen molar-refractivity contribution in [2.24, 2.45) is 0 Å². The third-order valence-electron chi connectivity index (χ3n) is 3.49. The lowest BCUT2D eigenvalue weighted by molar-refractivity contribution is 0.0926. The molecule has 0 bridgehead atoms. The van der Waals surface area contributed by atoms with Crippen molar-refractivity contribution >= 4 is 28.4 Å². The van der Waals surface area contributed by atoms with Crippen LogP contribution in [0.15, 0.2) is 48.7 Å². The number of rotatable bonds is 1. The van der Waals surface area contributed by atoms with E-state index in [0.29, 0.717) is 22.3 Å². The molecule has 1 N–H and O–H groups in total. The third-order valence-corrected chi connectivity index (χ3v) is 3.49. The molecule has 1 aliphatic heterocycles. The fourth-order valence-corrected chi connectivity index (χ4v) is 2.55. The number of aromatic amines is 1. The first-order valence-corrected chi connectivity index (χ1v) is 6.17. The zero-order valence-corrected chi connectivity index (χ0v) is 10.3. The van der Waals surface area contributed by atoms with Crippen molar-refractivity contribution in [3.05, 3.63) is 59.8 Å². The lowest BCUT2D eigenvalue weighted by atomic mass is 10.1. The summed E-state index contributed by atoms with van der Waals surface area (Å²) in [5, 5.41) is 7.66. The summed E-state index contributed by atoms with van der Waals surface area (Å²) in [7, 11) is 0. The molecule has 0 aliphatic carbocycles. The van der Waals surface area contributed by atoms with Crippen molar-refractivity contribution in [3.63, 3.8) is 0 Å². The summed E-state index contributed by atoms with van der Waals surface area (Å²) in [6.07, 6.45) is 1.66. The molecule has 2 heterocycles. The molecule has 0 fully saturated rings. The van der Waals surface area contributed by atoms with E-state index in [1.807, 2.05) is 6.07 Å². The molecule has 1 aliphatic rings. The highest BCUT2D eigenvalue weighted by Gasteiger charge is 2.37. The summed E-state index contributed by atoms with van der Waals surface area (Å²) in [5.41, 5.74) is 2.09. The van der Waals surface area contributed by atoms with Crippen LogP contribution < -0.4 is 4.90 Å². The number of para-hydroxylation sites is 1. The summed E-state index contributed by atoms with van der Waals surface area (Å²) in [4.78, 5) is 26.1. The number of nitrogens with one attached hydrogen (secondary N) is 1. The Morgan fingerprint density at radius 1 is 0.900 bits per heavy atom. The van der Waals surface area contributed by atoms with Gasteiger partial charge < -0.3 is 0 Å². The largest absolute Gasteiger partial charge is 0.276 e. The molecule has 3 aromatic rings. The SMILES string of the molecule is O=C1c2ccccc2C(=O)N1c1cccc2cn[nH]c12. The molecule has 0 saturated heterocycles. The van der Waals surface area contributed by atoms with Crippen LogP contribution in [-0.2, 0) is 0 Å². The lowest BCUT2D eigenvalue weighted by Crippen LogP contribution is -2.29. The lowest BCUT2D eigenvalue weighted by Gasteiger charge is -2.14. The topological polar surface area (TPSA) is 66.1 Å². The van der Waals surface area contributed by atoms with Crippen LogP contribution in [0.4, 0.5) is 5.69 Å². The van der Waals surface area contributed by atoms with E-state index in [-0.39, 0.29) is 11.8 Å². The predicted molar refractivity (Wildman–Crippen MR) is 73.7 cm³/mol. The number of nitrogens with zero attached hydrogens (tertiary/aromatic N) is 2. The second-order valence-electron chi connectivity index (χ2n) is 4.60. The van der Waals surface area contributed by atoms with E-state index in [4.69, 9.17) is 0 Å². The molecule has 20 heavy (non-hydrogen) atoms. The van der Waals surface area contributed by atoms with Gasteiger partial charge in [-0.2, -0.15) is 5.10 Å². The molecule has 0 spiro atoms. The first-order valence-electron chi connectivity index (χ1n) is 6.17. The molecule has 0 saturated carbocycles. The van der Waals surface area contributed by atoms with Crippen LogP contribution in [0, 0.1) is 0 Å². The molecule has 4 rings (SSSR count). The maximum atomic E-state index is 12.4. The van der Waals surface area contributed by atoms with Gasteiger partial charge in [0, 0.05) is 5.39 Å². The number of hydrogen-bond acceptors (Lipinski definition) is 3. The average Bonchev–Trinajstić information content (AvgIpc) is 3.04. The Morgan fingerprint density at radius 3 is 2.30 bits per heavy atom. The number of fused-ring (bicyclic) bond motifs is 2. The van der Waals surface area contributed by atoms with Crippen molar-refractivity contribution in [2.75, 3.05) is 4.90 Å². The van der Waals surface area contributed by atoms with Crippen LogP contribution >= 0.6 is 0 Å². The predicted octanol–water partition coefficient (Wildman–Crippen LogP) is 2.36. The fraction of sp³-hybridized carbons (Fsp3) is 0. The van der Waals surface area contributed by atoms with Crippen molar-refractivity contribution < 1.29 is 9.59 Å². The maximum absolute atomic E-state index is 12.4. The molecule has 2 aromatic carbocycles. The Hall–Kier alpha value is -2.95. The number of benzene rings is 2. The Balaban J connectivity index is 1.95. The van der Waals surface area contributed by atoms with Crippen molar-refractivity contribution in [3.8, 4) is 0 Å². The molecular formula is C15H9N3O2. The van der Waals surface area contributed by atoms with Crippen LogP contribution in [-0.4, -0.2) is 22.0 Å². The Labute approximate surface area is 113 Å². The molecule has 96 valence electrons. The van der Waals surface area contributed by atoms with E-state index in [1.54, 1.807) is 42.6 Å². The van der Waals surface area contributed by atoms with E-state index < -0.39 is 0 Å². The average molecular weight is 263 g/mol. The number of carbonyl (C=O) groups excluding carboxylic acids is 2. The number of anilines is 1. The van der Waals surface area contributed by atoms with Crippen molar-refractivity contribution in [1.82, 2.24) is 10.2 Å². The minimum absolute atomic E-state index is 0.298. The summed E-state index contributed by atoms with van der Waals surface area (Å²) in [6, 6.07) is 12.3. The van der Waals surface area contributed by atoms with Crippen LogP contribution in [0.2, 0.25) is 0 Å². The summed E-state index contributed by atoms with van der Waals surface area (Å²) in [6.45, 7) is 0. The Kier molecular flexibility index (Phi) is 2.06. The number of amides is 2. The van der Waals surface area contributed by atoms with Gasteiger partial charge in [0.05, 0.1) is 28.5 Å². The molecule has 0 unspecified atom stereocenters. The van der Waals surface area contributed by atoms with E-state index in [2.05, 4.69) is 10.2 Å². The van der Waals surface area contributed by atoms with Gasteiger partial charge in [-0.3, -0.25) is 14.7 Å². The van der Waals surface area contributed by atoms with E-state index in [9.17, 15) is 9.59 Å². The summed E-state index contributed by atoms with van der Waals surface area (Å²) < 4.78 is 0. The molecule has 1 aromatic heterocycles. The van der Waals surface area contributed by atoms with E-state index in [0.717, 1.165) is 5.39 Å². The van der Waals surface area contributed by atoms with Crippen LogP contribution in [0.3, 0.4) is 0 Å². The summed E-state index contributed by atoms with van der Waals surface area (Å²) in [5.74, 6) is -0.597. The highest BCUT2D eigenvalue weighted by atomic mass is 16.2. The maximum Gasteiger partial charge on any atom is 0.266 e. The molecule has 5 nitrogen and oxygen atoms in total. The minimum atomic E-state index is -0.298. The van der Waals surface area contributed by atoms with Crippen molar-refractivity contribution in [1.29, 1.82) is 0 Å². The van der Waals surface area contributed by atoms with E-state index >= 15 is 0 Å². The Bertz CT molecular complexity index is 831. The molecule has 0 radical (unpaired) electrons. The monoisotopic (exact) mass is 263 g/mol. The number of imide groups is 1. The highest BCUT2D eigenvalue weighted by molar-refractivity contribution is 6.35. The van der Waals surface area contributed by atoms with Gasteiger partial charge in [0.15, 0.2) is 0 Å². The van der Waals surface area contributed by atoms with Gasteiger partial charge in [-0.1, -0.05) is 24.3 Å². The van der Waals surface area contributed by atoms with Gasteiger partial charge in [-0.15, -0.1) is 0 Å². The highest BCUT2D eigenvalue weighted by Crippen LogP contribution is 2.32. The van der Waals surface area contributed by atoms with Crippen LogP contribution in [0.5, 0.6) is 0 Å². The van der Waals surface area contributed by atoms with Gasteiger partial charge >= 0.3 is 0 Å².